The van der Waals surface area contributed by atoms with Gasteiger partial charge in [-0.1, -0.05) is 20.8 Å². The van der Waals surface area contributed by atoms with Crippen LogP contribution in [0.15, 0.2) is 12.4 Å². The Morgan fingerprint density at radius 1 is 1.33 bits per heavy atom. The monoisotopic (exact) mass is 209 g/mol. The standard InChI is InChI=1S/C10H19N5/c1-4-10(2,3)6-12-8-5-9(15-11)14-7-13-8/h5,7H,4,6,11H2,1-3H3,(H2,12,13,14,15). The first-order valence-electron chi connectivity index (χ1n) is 5.10. The van der Waals surface area contributed by atoms with Gasteiger partial charge >= 0.3 is 0 Å². The third-order valence-corrected chi connectivity index (χ3v) is 2.52. The average molecular weight is 209 g/mol. The summed E-state index contributed by atoms with van der Waals surface area (Å²) in [5.74, 6) is 6.66. The Labute approximate surface area is 90.5 Å². The van der Waals surface area contributed by atoms with Gasteiger partial charge in [0.05, 0.1) is 0 Å². The molecule has 0 bridgehead atoms. The van der Waals surface area contributed by atoms with Crippen LogP contribution in [-0.2, 0) is 0 Å². The number of hydrazine groups is 1. The Balaban J connectivity index is 2.57. The van der Waals surface area contributed by atoms with Crippen LogP contribution in [0.1, 0.15) is 27.2 Å². The Morgan fingerprint density at radius 3 is 2.60 bits per heavy atom. The molecule has 0 saturated heterocycles. The highest BCUT2D eigenvalue weighted by molar-refractivity contribution is 5.45. The van der Waals surface area contributed by atoms with Crippen LogP contribution >= 0.6 is 0 Å². The van der Waals surface area contributed by atoms with E-state index in [9.17, 15) is 0 Å². The molecule has 0 spiro atoms. The summed E-state index contributed by atoms with van der Waals surface area (Å²) in [6.45, 7) is 7.48. The summed E-state index contributed by atoms with van der Waals surface area (Å²) < 4.78 is 0. The maximum atomic E-state index is 5.26. The van der Waals surface area contributed by atoms with Crippen molar-refractivity contribution in [2.24, 2.45) is 11.3 Å². The van der Waals surface area contributed by atoms with Crippen molar-refractivity contribution in [2.45, 2.75) is 27.2 Å². The van der Waals surface area contributed by atoms with E-state index in [0.29, 0.717) is 5.82 Å². The Bertz CT molecular complexity index is 310. The third-order valence-electron chi connectivity index (χ3n) is 2.52. The van der Waals surface area contributed by atoms with E-state index in [1.54, 1.807) is 6.07 Å². The van der Waals surface area contributed by atoms with Gasteiger partial charge in [0.25, 0.3) is 0 Å². The maximum Gasteiger partial charge on any atom is 0.145 e. The van der Waals surface area contributed by atoms with Gasteiger partial charge in [-0.3, -0.25) is 0 Å². The quantitative estimate of drug-likeness (QED) is 0.507. The van der Waals surface area contributed by atoms with Crippen molar-refractivity contribution in [1.29, 1.82) is 0 Å². The summed E-state index contributed by atoms with van der Waals surface area (Å²) in [6.07, 6.45) is 2.60. The van der Waals surface area contributed by atoms with Crippen LogP contribution in [-0.4, -0.2) is 16.5 Å². The SMILES string of the molecule is CCC(C)(C)CNc1cc(NN)ncn1. The fraction of sp³-hybridized carbons (Fsp3) is 0.600. The van der Waals surface area contributed by atoms with Gasteiger partial charge < -0.3 is 10.7 Å². The number of nitrogens with zero attached hydrogens (tertiary/aromatic N) is 2. The molecule has 0 amide bonds. The van der Waals surface area contributed by atoms with Gasteiger partial charge in [0.2, 0.25) is 0 Å². The van der Waals surface area contributed by atoms with E-state index in [0.717, 1.165) is 18.8 Å². The number of nitrogens with two attached hydrogens (primary N) is 1. The van der Waals surface area contributed by atoms with Gasteiger partial charge in [-0.25, -0.2) is 15.8 Å². The minimum Gasteiger partial charge on any atom is -0.369 e. The van der Waals surface area contributed by atoms with Gasteiger partial charge in [-0.15, -0.1) is 0 Å². The van der Waals surface area contributed by atoms with Gasteiger partial charge in [-0.2, -0.15) is 0 Å². The molecule has 0 radical (unpaired) electrons. The zero-order valence-electron chi connectivity index (χ0n) is 9.54. The molecule has 0 unspecified atom stereocenters. The van der Waals surface area contributed by atoms with Crippen molar-refractivity contribution in [3.8, 4) is 0 Å². The molecule has 0 aliphatic heterocycles. The van der Waals surface area contributed by atoms with E-state index in [2.05, 4.69) is 41.5 Å². The number of nitrogens with one attached hydrogen (secondary N) is 2. The van der Waals surface area contributed by atoms with E-state index in [4.69, 9.17) is 5.84 Å². The molecule has 1 aromatic heterocycles. The van der Waals surface area contributed by atoms with Crippen molar-refractivity contribution in [3.63, 3.8) is 0 Å². The second kappa shape index (κ2) is 4.93. The predicted octanol–water partition coefficient (Wildman–Crippen LogP) is 1.61. The number of rotatable bonds is 5. The van der Waals surface area contributed by atoms with Crippen molar-refractivity contribution in [1.82, 2.24) is 9.97 Å². The molecule has 4 N–H and O–H groups in total. The van der Waals surface area contributed by atoms with E-state index < -0.39 is 0 Å². The molecule has 1 heterocycles. The van der Waals surface area contributed by atoms with E-state index in [1.165, 1.54) is 6.33 Å². The lowest BCUT2D eigenvalue weighted by atomic mass is 9.90. The number of hydrogen-bond donors (Lipinski definition) is 3. The molecule has 84 valence electrons. The smallest absolute Gasteiger partial charge is 0.145 e. The van der Waals surface area contributed by atoms with Crippen LogP contribution in [0.3, 0.4) is 0 Å². The fourth-order valence-corrected chi connectivity index (χ4v) is 0.988. The lowest BCUT2D eigenvalue weighted by Crippen LogP contribution is -2.22. The van der Waals surface area contributed by atoms with Crippen molar-refractivity contribution in [3.05, 3.63) is 12.4 Å². The first-order valence-corrected chi connectivity index (χ1v) is 5.10. The summed E-state index contributed by atoms with van der Waals surface area (Å²) in [5.41, 5.74) is 2.75. The molecule has 1 rings (SSSR count). The molecule has 1 aromatic rings. The summed E-state index contributed by atoms with van der Waals surface area (Å²) >= 11 is 0. The van der Waals surface area contributed by atoms with E-state index >= 15 is 0 Å². The van der Waals surface area contributed by atoms with E-state index in [1.807, 2.05) is 0 Å². The highest BCUT2D eigenvalue weighted by Gasteiger charge is 2.14. The van der Waals surface area contributed by atoms with Gasteiger partial charge in [-0.05, 0) is 11.8 Å². The minimum absolute atomic E-state index is 0.265. The normalized spacial score (nSPS) is 11.2. The number of anilines is 2. The first-order chi connectivity index (χ1) is 7.07. The molecular weight excluding hydrogens is 190 g/mol. The molecule has 5 nitrogen and oxygen atoms in total. The van der Waals surface area contributed by atoms with Crippen LogP contribution in [0.2, 0.25) is 0 Å². The summed E-state index contributed by atoms with van der Waals surface area (Å²) in [4.78, 5) is 8.04. The van der Waals surface area contributed by atoms with Crippen LogP contribution in [0, 0.1) is 5.41 Å². The Kier molecular flexibility index (Phi) is 3.85. The molecule has 5 heteroatoms. The summed E-state index contributed by atoms with van der Waals surface area (Å²) in [5, 5.41) is 3.26. The van der Waals surface area contributed by atoms with Gasteiger partial charge in [0.15, 0.2) is 0 Å². The number of aromatic nitrogens is 2. The highest BCUT2D eigenvalue weighted by Crippen LogP contribution is 2.20. The lowest BCUT2D eigenvalue weighted by molar-refractivity contribution is 0.376. The molecule has 0 aliphatic rings. The number of nitrogen functional groups attached to an aromatic ring is 1. The molecule has 0 fully saturated rings. The molecular formula is C10H19N5. The van der Waals surface area contributed by atoms with Crippen molar-refractivity contribution < 1.29 is 0 Å². The largest absolute Gasteiger partial charge is 0.369 e. The zero-order valence-corrected chi connectivity index (χ0v) is 9.54. The van der Waals surface area contributed by atoms with Gasteiger partial charge in [0.1, 0.15) is 18.0 Å². The van der Waals surface area contributed by atoms with Crippen LogP contribution in [0.4, 0.5) is 11.6 Å². The van der Waals surface area contributed by atoms with Crippen molar-refractivity contribution >= 4 is 11.6 Å². The molecule has 0 aromatic carbocycles. The van der Waals surface area contributed by atoms with Crippen LogP contribution in [0.5, 0.6) is 0 Å². The molecule has 0 atom stereocenters. The number of hydrogen-bond acceptors (Lipinski definition) is 5. The van der Waals surface area contributed by atoms with Crippen LogP contribution in [0.25, 0.3) is 0 Å². The minimum atomic E-state index is 0.265. The molecule has 0 saturated carbocycles. The Hall–Kier alpha value is -1.36. The second-order valence-corrected chi connectivity index (χ2v) is 4.30. The molecule has 15 heavy (non-hydrogen) atoms. The average Bonchev–Trinajstić information content (AvgIpc) is 2.27. The second-order valence-electron chi connectivity index (χ2n) is 4.30. The van der Waals surface area contributed by atoms with Crippen LogP contribution < -0.4 is 16.6 Å². The van der Waals surface area contributed by atoms with Gasteiger partial charge in [0, 0.05) is 12.6 Å². The maximum absolute atomic E-state index is 5.26. The summed E-state index contributed by atoms with van der Waals surface area (Å²) in [7, 11) is 0. The molecule has 0 aliphatic carbocycles. The first kappa shape index (κ1) is 11.7. The topological polar surface area (TPSA) is 75.9 Å². The van der Waals surface area contributed by atoms with E-state index in [-0.39, 0.29) is 5.41 Å². The fourth-order valence-electron chi connectivity index (χ4n) is 0.988. The summed E-state index contributed by atoms with van der Waals surface area (Å²) in [6, 6.07) is 1.78. The Morgan fingerprint density at radius 2 is 2.00 bits per heavy atom. The third kappa shape index (κ3) is 3.71. The highest BCUT2D eigenvalue weighted by atomic mass is 15.3. The predicted molar refractivity (Wildman–Crippen MR) is 62.4 cm³/mol. The van der Waals surface area contributed by atoms with Crippen molar-refractivity contribution in [2.75, 3.05) is 17.3 Å². The lowest BCUT2D eigenvalue weighted by Gasteiger charge is -2.23. The zero-order chi connectivity index (χ0) is 11.3.